The van der Waals surface area contributed by atoms with E-state index in [2.05, 4.69) is 26.2 Å². The molecule has 0 saturated carbocycles. The fraction of sp³-hybridized carbons (Fsp3) is 0.200. The van der Waals surface area contributed by atoms with Crippen LogP contribution in [-0.2, 0) is 0 Å². The summed E-state index contributed by atoms with van der Waals surface area (Å²) in [6, 6.07) is 2.79. The number of hydrogen-bond donors (Lipinski definition) is 2. The monoisotopic (exact) mass is 271 g/mol. The third-order valence-electron chi connectivity index (χ3n) is 1.79. The number of pyridine rings is 1. The van der Waals surface area contributed by atoms with Crippen LogP contribution in [0.15, 0.2) is 22.8 Å². The molecule has 0 unspecified atom stereocenters. The first kappa shape index (κ1) is 11.8. The molecule has 0 amide bonds. The smallest absolute Gasteiger partial charge is 0.144 e. The van der Waals surface area contributed by atoms with Crippen LogP contribution < -0.4 is 5.32 Å². The SMILES string of the molecule is CN/C=C(/Br)C(=N)c1ccc(F)c(C)n1. The Morgan fingerprint density at radius 1 is 1.60 bits per heavy atom. The van der Waals surface area contributed by atoms with Crippen LogP contribution in [0.3, 0.4) is 0 Å². The molecule has 15 heavy (non-hydrogen) atoms. The maximum Gasteiger partial charge on any atom is 0.144 e. The van der Waals surface area contributed by atoms with E-state index >= 15 is 0 Å². The van der Waals surface area contributed by atoms with Crippen molar-refractivity contribution < 1.29 is 4.39 Å². The molecule has 5 heteroatoms. The lowest BCUT2D eigenvalue weighted by molar-refractivity contribution is 0.609. The van der Waals surface area contributed by atoms with Crippen molar-refractivity contribution in [2.75, 3.05) is 7.05 Å². The number of aromatic nitrogens is 1. The standard InChI is InChI=1S/C10H11BrFN3/c1-6-8(12)3-4-9(15-6)10(13)7(11)5-14-2/h3-5,13-14H,1-2H3/b7-5+,13-10?. The van der Waals surface area contributed by atoms with Crippen molar-refractivity contribution in [2.24, 2.45) is 0 Å². The van der Waals surface area contributed by atoms with Crippen LogP contribution in [-0.4, -0.2) is 17.7 Å². The molecule has 2 N–H and O–H groups in total. The van der Waals surface area contributed by atoms with Crippen LogP contribution in [0.5, 0.6) is 0 Å². The quantitative estimate of drug-likeness (QED) is 0.830. The van der Waals surface area contributed by atoms with Crippen LogP contribution in [0.1, 0.15) is 11.4 Å². The fourth-order valence-corrected chi connectivity index (χ4v) is 1.44. The highest BCUT2D eigenvalue weighted by atomic mass is 79.9. The minimum Gasteiger partial charge on any atom is -0.393 e. The molecule has 80 valence electrons. The van der Waals surface area contributed by atoms with Gasteiger partial charge in [0.2, 0.25) is 0 Å². The summed E-state index contributed by atoms with van der Waals surface area (Å²) in [5.74, 6) is -0.361. The Labute approximate surface area is 96.1 Å². The predicted octanol–water partition coefficient (Wildman–Crippen LogP) is 2.35. The van der Waals surface area contributed by atoms with Gasteiger partial charge in [0.1, 0.15) is 5.82 Å². The molecule has 1 aromatic heterocycles. The second-order valence-corrected chi connectivity index (χ2v) is 3.77. The van der Waals surface area contributed by atoms with E-state index in [1.54, 1.807) is 20.2 Å². The molecule has 0 aliphatic carbocycles. The van der Waals surface area contributed by atoms with Gasteiger partial charge < -0.3 is 5.32 Å². The average Bonchev–Trinajstić information content (AvgIpc) is 2.21. The van der Waals surface area contributed by atoms with Crippen molar-refractivity contribution in [3.05, 3.63) is 40.0 Å². The first-order valence-electron chi connectivity index (χ1n) is 4.31. The molecule has 0 saturated heterocycles. The maximum atomic E-state index is 12.9. The Kier molecular flexibility index (Phi) is 3.96. The van der Waals surface area contributed by atoms with Gasteiger partial charge in [0, 0.05) is 13.2 Å². The lowest BCUT2D eigenvalue weighted by atomic mass is 10.2. The molecule has 0 bridgehead atoms. The number of halogens is 2. The molecule has 0 aliphatic heterocycles. The summed E-state index contributed by atoms with van der Waals surface area (Å²) in [7, 11) is 1.73. The average molecular weight is 272 g/mol. The second kappa shape index (κ2) is 5.02. The summed E-state index contributed by atoms with van der Waals surface area (Å²) in [4.78, 5) is 3.98. The predicted molar refractivity (Wildman–Crippen MR) is 61.8 cm³/mol. The highest BCUT2D eigenvalue weighted by Gasteiger charge is 2.08. The lowest BCUT2D eigenvalue weighted by Gasteiger charge is -2.04. The topological polar surface area (TPSA) is 48.8 Å². The number of allylic oxidation sites excluding steroid dienone is 1. The number of nitrogens with zero attached hydrogens (tertiary/aromatic N) is 1. The summed E-state index contributed by atoms with van der Waals surface area (Å²) >= 11 is 3.22. The summed E-state index contributed by atoms with van der Waals surface area (Å²) in [6.07, 6.45) is 1.63. The van der Waals surface area contributed by atoms with Crippen LogP contribution in [0, 0.1) is 18.2 Å². The van der Waals surface area contributed by atoms with E-state index in [1.165, 1.54) is 12.1 Å². The molecule has 1 aromatic rings. The van der Waals surface area contributed by atoms with E-state index in [0.29, 0.717) is 15.9 Å². The van der Waals surface area contributed by atoms with Gasteiger partial charge in [-0.3, -0.25) is 5.41 Å². The Bertz CT molecular complexity index is 415. The van der Waals surface area contributed by atoms with E-state index in [4.69, 9.17) is 5.41 Å². The number of nitrogens with one attached hydrogen (secondary N) is 2. The van der Waals surface area contributed by atoms with Crippen LogP contribution >= 0.6 is 15.9 Å². The number of hydrogen-bond acceptors (Lipinski definition) is 3. The third-order valence-corrected chi connectivity index (χ3v) is 2.41. The molecule has 0 aliphatic rings. The summed E-state index contributed by atoms with van der Waals surface area (Å²) < 4.78 is 13.5. The molecule has 0 fully saturated rings. The normalized spacial score (nSPS) is 11.3. The van der Waals surface area contributed by atoms with Crippen molar-refractivity contribution in [1.82, 2.24) is 10.3 Å². The summed E-state index contributed by atoms with van der Waals surface area (Å²) in [6.45, 7) is 1.57. The minimum absolute atomic E-state index is 0.215. The lowest BCUT2D eigenvalue weighted by Crippen LogP contribution is -2.06. The molecule has 1 rings (SSSR count). The van der Waals surface area contributed by atoms with Gasteiger partial charge in [-0.05, 0) is 35.0 Å². The first-order chi connectivity index (χ1) is 7.06. The second-order valence-electron chi connectivity index (χ2n) is 2.92. The molecular weight excluding hydrogens is 261 g/mol. The highest BCUT2D eigenvalue weighted by molar-refractivity contribution is 9.12. The molecule has 0 aromatic carbocycles. The van der Waals surface area contributed by atoms with Gasteiger partial charge >= 0.3 is 0 Å². The zero-order chi connectivity index (χ0) is 11.4. The van der Waals surface area contributed by atoms with Crippen LogP contribution in [0.25, 0.3) is 0 Å². The van der Waals surface area contributed by atoms with E-state index in [0.717, 1.165) is 0 Å². The molecule has 0 atom stereocenters. The number of aryl methyl sites for hydroxylation is 1. The minimum atomic E-state index is -0.361. The Morgan fingerprint density at radius 2 is 2.27 bits per heavy atom. The Morgan fingerprint density at radius 3 is 2.80 bits per heavy atom. The van der Waals surface area contributed by atoms with Crippen LogP contribution in [0.4, 0.5) is 4.39 Å². The van der Waals surface area contributed by atoms with E-state index in [1.807, 2.05) is 0 Å². The van der Waals surface area contributed by atoms with Crippen molar-refractivity contribution in [3.63, 3.8) is 0 Å². The molecular formula is C10H11BrFN3. The van der Waals surface area contributed by atoms with Gasteiger partial charge in [-0.15, -0.1) is 0 Å². The summed E-state index contributed by atoms with van der Waals surface area (Å²) in [5, 5.41) is 10.6. The molecule has 0 radical (unpaired) electrons. The van der Waals surface area contributed by atoms with Gasteiger partial charge in [-0.25, -0.2) is 9.37 Å². The largest absolute Gasteiger partial charge is 0.393 e. The fourth-order valence-electron chi connectivity index (χ4n) is 1.00. The van der Waals surface area contributed by atoms with E-state index in [-0.39, 0.29) is 11.5 Å². The van der Waals surface area contributed by atoms with Crippen molar-refractivity contribution >= 4 is 21.6 Å². The van der Waals surface area contributed by atoms with Gasteiger partial charge in [0.05, 0.1) is 21.6 Å². The Balaban J connectivity index is 3.02. The molecule has 3 nitrogen and oxygen atoms in total. The van der Waals surface area contributed by atoms with Gasteiger partial charge in [-0.1, -0.05) is 0 Å². The van der Waals surface area contributed by atoms with Crippen LogP contribution in [0.2, 0.25) is 0 Å². The zero-order valence-corrected chi connectivity index (χ0v) is 10.0. The van der Waals surface area contributed by atoms with E-state index in [9.17, 15) is 4.39 Å². The van der Waals surface area contributed by atoms with Gasteiger partial charge in [0.15, 0.2) is 0 Å². The number of rotatable bonds is 3. The van der Waals surface area contributed by atoms with E-state index < -0.39 is 0 Å². The zero-order valence-electron chi connectivity index (χ0n) is 8.44. The van der Waals surface area contributed by atoms with Gasteiger partial charge in [0.25, 0.3) is 0 Å². The van der Waals surface area contributed by atoms with Crippen molar-refractivity contribution in [1.29, 1.82) is 5.41 Å². The first-order valence-corrected chi connectivity index (χ1v) is 5.11. The van der Waals surface area contributed by atoms with Crippen molar-refractivity contribution in [3.8, 4) is 0 Å². The third kappa shape index (κ3) is 2.86. The van der Waals surface area contributed by atoms with Gasteiger partial charge in [-0.2, -0.15) is 0 Å². The highest BCUT2D eigenvalue weighted by Crippen LogP contribution is 2.13. The molecule has 0 spiro atoms. The summed E-state index contributed by atoms with van der Waals surface area (Å²) in [5.41, 5.74) is 0.946. The Hall–Kier alpha value is -1.23. The molecule has 1 heterocycles. The van der Waals surface area contributed by atoms with Crippen molar-refractivity contribution in [2.45, 2.75) is 6.92 Å². The maximum absolute atomic E-state index is 12.9.